The lowest BCUT2D eigenvalue weighted by Gasteiger charge is -2.05. The molecule has 6 nitrogen and oxygen atoms in total. The van der Waals surface area contributed by atoms with E-state index in [1.165, 1.54) is 0 Å². The van der Waals surface area contributed by atoms with Crippen molar-refractivity contribution in [1.29, 1.82) is 0 Å². The summed E-state index contributed by atoms with van der Waals surface area (Å²) in [6.07, 6.45) is 0. The second-order valence-corrected chi connectivity index (χ2v) is 4.14. The number of benzene rings is 1. The summed E-state index contributed by atoms with van der Waals surface area (Å²) in [4.78, 5) is 4.06. The molecule has 0 saturated heterocycles. The Hall–Kier alpha value is -2.08. The highest BCUT2D eigenvalue weighted by Gasteiger charge is 2.20. The average Bonchev–Trinajstić information content (AvgIpc) is 2.94. The van der Waals surface area contributed by atoms with Gasteiger partial charge in [-0.25, -0.2) is 0 Å². The molecule has 1 atom stereocenters. The second kappa shape index (κ2) is 4.30. The van der Waals surface area contributed by atoms with Crippen LogP contribution in [0.3, 0.4) is 0 Å². The van der Waals surface area contributed by atoms with Gasteiger partial charge in [0.1, 0.15) is 18.1 Å². The van der Waals surface area contributed by atoms with Crippen molar-refractivity contribution >= 4 is 0 Å². The van der Waals surface area contributed by atoms with Gasteiger partial charge in [-0.1, -0.05) is 5.16 Å². The van der Waals surface area contributed by atoms with Gasteiger partial charge in [0.15, 0.2) is 6.61 Å². The quantitative estimate of drug-likeness (QED) is 0.881. The SMILES string of the molecule is Cc1nc(COc2ccc3c(c2)OCC3N)no1. The number of aryl methyl sites for hydroxylation is 1. The second-order valence-electron chi connectivity index (χ2n) is 4.14. The molecule has 1 aromatic heterocycles. The minimum Gasteiger partial charge on any atom is -0.491 e. The summed E-state index contributed by atoms with van der Waals surface area (Å²) in [5.74, 6) is 2.53. The molecular formula is C12H13N3O3. The molecule has 0 fully saturated rings. The van der Waals surface area contributed by atoms with Crippen LogP contribution < -0.4 is 15.2 Å². The molecule has 0 radical (unpaired) electrons. The molecule has 3 rings (SSSR count). The smallest absolute Gasteiger partial charge is 0.223 e. The Balaban J connectivity index is 1.70. The standard InChI is InChI=1S/C12H13N3O3/c1-7-14-12(15-18-7)6-16-8-2-3-9-10(13)5-17-11(9)4-8/h2-4,10H,5-6,13H2,1H3. The predicted octanol–water partition coefficient (Wildman–Crippen LogP) is 1.35. The third kappa shape index (κ3) is 2.02. The molecule has 2 aromatic rings. The number of fused-ring (bicyclic) bond motifs is 1. The van der Waals surface area contributed by atoms with Gasteiger partial charge in [0.2, 0.25) is 11.7 Å². The zero-order chi connectivity index (χ0) is 12.5. The van der Waals surface area contributed by atoms with Gasteiger partial charge in [0.25, 0.3) is 0 Å². The molecule has 2 N–H and O–H groups in total. The fraction of sp³-hybridized carbons (Fsp3) is 0.333. The van der Waals surface area contributed by atoms with Crippen LogP contribution in [0.1, 0.15) is 23.3 Å². The normalized spacial score (nSPS) is 17.3. The van der Waals surface area contributed by atoms with Gasteiger partial charge in [-0.15, -0.1) is 0 Å². The van der Waals surface area contributed by atoms with Crippen molar-refractivity contribution in [3.05, 3.63) is 35.5 Å². The molecule has 0 bridgehead atoms. The Morgan fingerprint density at radius 2 is 2.39 bits per heavy atom. The minimum atomic E-state index is -0.0473. The van der Waals surface area contributed by atoms with Crippen molar-refractivity contribution in [2.75, 3.05) is 6.61 Å². The first-order valence-electron chi connectivity index (χ1n) is 5.66. The van der Waals surface area contributed by atoms with Crippen LogP contribution in [-0.4, -0.2) is 16.7 Å². The maximum absolute atomic E-state index is 5.87. The van der Waals surface area contributed by atoms with Crippen molar-refractivity contribution in [3.8, 4) is 11.5 Å². The van der Waals surface area contributed by atoms with Crippen LogP contribution in [0.15, 0.2) is 22.7 Å². The molecular weight excluding hydrogens is 234 g/mol. The maximum Gasteiger partial charge on any atom is 0.223 e. The third-order valence-electron chi connectivity index (χ3n) is 2.74. The van der Waals surface area contributed by atoms with Gasteiger partial charge in [0, 0.05) is 18.6 Å². The molecule has 1 aliphatic heterocycles. The Labute approximate surface area is 104 Å². The lowest BCUT2D eigenvalue weighted by molar-refractivity contribution is 0.283. The monoisotopic (exact) mass is 247 g/mol. The van der Waals surface area contributed by atoms with E-state index in [1.807, 2.05) is 18.2 Å². The molecule has 1 aliphatic rings. The molecule has 0 amide bonds. The molecule has 1 aromatic carbocycles. The number of nitrogens with zero attached hydrogens (tertiary/aromatic N) is 2. The molecule has 6 heteroatoms. The van der Waals surface area contributed by atoms with Crippen LogP contribution in [0, 0.1) is 6.92 Å². The van der Waals surface area contributed by atoms with E-state index in [4.69, 9.17) is 19.7 Å². The lowest BCUT2D eigenvalue weighted by Crippen LogP contribution is -2.10. The molecule has 0 saturated carbocycles. The van der Waals surface area contributed by atoms with Crippen molar-refractivity contribution < 1.29 is 14.0 Å². The number of nitrogens with two attached hydrogens (primary N) is 1. The van der Waals surface area contributed by atoms with E-state index in [0.717, 1.165) is 11.3 Å². The molecule has 94 valence electrons. The molecule has 0 spiro atoms. The van der Waals surface area contributed by atoms with E-state index in [9.17, 15) is 0 Å². The van der Waals surface area contributed by atoms with Crippen molar-refractivity contribution in [2.45, 2.75) is 19.6 Å². The van der Waals surface area contributed by atoms with Crippen molar-refractivity contribution in [2.24, 2.45) is 5.73 Å². The minimum absolute atomic E-state index is 0.0473. The Kier molecular flexibility index (Phi) is 2.64. The summed E-state index contributed by atoms with van der Waals surface area (Å²) >= 11 is 0. The predicted molar refractivity (Wildman–Crippen MR) is 62.2 cm³/mol. The fourth-order valence-corrected chi connectivity index (χ4v) is 1.85. The first kappa shape index (κ1) is 11.0. The van der Waals surface area contributed by atoms with Gasteiger partial charge in [-0.3, -0.25) is 0 Å². The van der Waals surface area contributed by atoms with Crippen molar-refractivity contribution in [1.82, 2.24) is 10.1 Å². The van der Waals surface area contributed by atoms with Gasteiger partial charge in [0.05, 0.1) is 6.04 Å². The van der Waals surface area contributed by atoms with Crippen LogP contribution in [-0.2, 0) is 6.61 Å². The van der Waals surface area contributed by atoms with E-state index in [1.54, 1.807) is 6.92 Å². The third-order valence-corrected chi connectivity index (χ3v) is 2.74. The maximum atomic E-state index is 5.87. The molecule has 0 aliphatic carbocycles. The summed E-state index contributed by atoms with van der Waals surface area (Å²) in [6, 6.07) is 5.56. The highest BCUT2D eigenvalue weighted by Crippen LogP contribution is 2.34. The van der Waals surface area contributed by atoms with Crippen LogP contribution in [0.4, 0.5) is 0 Å². The molecule has 1 unspecified atom stereocenters. The first-order chi connectivity index (χ1) is 8.72. The van der Waals surface area contributed by atoms with Crippen LogP contribution >= 0.6 is 0 Å². The highest BCUT2D eigenvalue weighted by molar-refractivity contribution is 5.44. The van der Waals surface area contributed by atoms with Crippen molar-refractivity contribution in [3.63, 3.8) is 0 Å². The number of rotatable bonds is 3. The summed E-state index contributed by atoms with van der Waals surface area (Å²) in [5.41, 5.74) is 6.88. The van der Waals surface area contributed by atoms with Crippen LogP contribution in [0.25, 0.3) is 0 Å². The van der Waals surface area contributed by atoms with E-state index >= 15 is 0 Å². The number of ether oxygens (including phenoxy) is 2. The Bertz CT molecular complexity index is 567. The topological polar surface area (TPSA) is 83.4 Å². The number of aromatic nitrogens is 2. The van der Waals surface area contributed by atoms with E-state index in [0.29, 0.717) is 24.1 Å². The van der Waals surface area contributed by atoms with E-state index in [-0.39, 0.29) is 12.6 Å². The first-order valence-corrected chi connectivity index (χ1v) is 5.66. The van der Waals surface area contributed by atoms with E-state index < -0.39 is 0 Å². The van der Waals surface area contributed by atoms with Gasteiger partial charge >= 0.3 is 0 Å². The number of hydrogen-bond acceptors (Lipinski definition) is 6. The van der Waals surface area contributed by atoms with Crippen LogP contribution in [0.5, 0.6) is 11.5 Å². The lowest BCUT2D eigenvalue weighted by atomic mass is 10.1. The molecule has 2 heterocycles. The fourth-order valence-electron chi connectivity index (χ4n) is 1.85. The zero-order valence-corrected chi connectivity index (χ0v) is 9.92. The van der Waals surface area contributed by atoms with Gasteiger partial charge in [-0.05, 0) is 12.1 Å². The van der Waals surface area contributed by atoms with Crippen LogP contribution in [0.2, 0.25) is 0 Å². The Morgan fingerprint density at radius 1 is 1.50 bits per heavy atom. The van der Waals surface area contributed by atoms with E-state index in [2.05, 4.69) is 10.1 Å². The molecule has 18 heavy (non-hydrogen) atoms. The number of hydrogen-bond donors (Lipinski definition) is 1. The Morgan fingerprint density at radius 3 is 3.17 bits per heavy atom. The highest BCUT2D eigenvalue weighted by atomic mass is 16.5. The van der Waals surface area contributed by atoms with Gasteiger partial charge in [-0.2, -0.15) is 4.98 Å². The summed E-state index contributed by atoms with van der Waals surface area (Å²) < 4.78 is 15.9. The summed E-state index contributed by atoms with van der Waals surface area (Å²) in [6.45, 7) is 2.52. The largest absolute Gasteiger partial charge is 0.491 e. The average molecular weight is 247 g/mol. The van der Waals surface area contributed by atoms with Gasteiger partial charge < -0.3 is 19.7 Å². The summed E-state index contributed by atoms with van der Waals surface area (Å²) in [7, 11) is 0. The zero-order valence-electron chi connectivity index (χ0n) is 9.92. The summed E-state index contributed by atoms with van der Waals surface area (Å²) in [5, 5.41) is 3.75.